The molecule has 2 heterocycles. The van der Waals surface area contributed by atoms with Crippen molar-refractivity contribution < 1.29 is 18.4 Å². The molecule has 1 atom stereocenters. The topological polar surface area (TPSA) is 58.7 Å². The van der Waals surface area contributed by atoms with Crippen molar-refractivity contribution in [3.63, 3.8) is 0 Å². The summed E-state index contributed by atoms with van der Waals surface area (Å²) in [7, 11) is 1.93. The minimum absolute atomic E-state index is 0.0276. The molecule has 0 aliphatic rings. The number of carbonyl (C=O) groups is 2. The van der Waals surface area contributed by atoms with E-state index >= 15 is 0 Å². The van der Waals surface area contributed by atoms with Crippen LogP contribution >= 0.6 is 0 Å². The lowest BCUT2D eigenvalue weighted by Crippen LogP contribution is -2.46. The van der Waals surface area contributed by atoms with Gasteiger partial charge >= 0.3 is 0 Å². The van der Waals surface area contributed by atoms with Crippen molar-refractivity contribution >= 4 is 11.8 Å². The summed E-state index contributed by atoms with van der Waals surface area (Å²) in [6.07, 6.45) is 4.35. The zero-order valence-corrected chi connectivity index (χ0v) is 18.8. The van der Waals surface area contributed by atoms with Gasteiger partial charge in [0.05, 0.1) is 25.8 Å². The van der Waals surface area contributed by atoms with Crippen molar-refractivity contribution in [2.75, 3.05) is 6.54 Å². The lowest BCUT2D eigenvalue weighted by atomic mass is 10.1. The molecule has 0 aliphatic heterocycles. The quantitative estimate of drug-likeness (QED) is 0.477. The van der Waals surface area contributed by atoms with E-state index in [0.29, 0.717) is 24.4 Å². The Morgan fingerprint density at radius 3 is 2.41 bits per heavy atom. The van der Waals surface area contributed by atoms with Gasteiger partial charge < -0.3 is 18.8 Å². The van der Waals surface area contributed by atoms with E-state index in [-0.39, 0.29) is 36.6 Å². The van der Waals surface area contributed by atoms with Gasteiger partial charge in [0, 0.05) is 25.0 Å². The molecule has 32 heavy (non-hydrogen) atoms. The lowest BCUT2D eigenvalue weighted by Gasteiger charge is -2.31. The van der Waals surface area contributed by atoms with Crippen LogP contribution in [0.4, 0.5) is 4.39 Å². The molecule has 3 rings (SSSR count). The van der Waals surface area contributed by atoms with E-state index in [0.717, 1.165) is 12.1 Å². The molecule has 3 aromatic rings. The standard InChI is InChI=1S/C25H30FN3O3/c1-4-19(2)29(24(30)15-20-9-11-21(26)12-10-20)18-25(31)28(17-23-8-6-14-32-23)16-22-7-5-13-27(22)3/h5-14,19H,4,15-18H2,1-3H3. The van der Waals surface area contributed by atoms with Gasteiger partial charge in [-0.25, -0.2) is 4.39 Å². The maximum Gasteiger partial charge on any atom is 0.242 e. The summed E-state index contributed by atoms with van der Waals surface area (Å²) >= 11 is 0. The molecule has 7 heteroatoms. The number of aromatic nitrogens is 1. The van der Waals surface area contributed by atoms with Crippen molar-refractivity contribution in [1.82, 2.24) is 14.4 Å². The first-order chi connectivity index (χ1) is 15.4. The van der Waals surface area contributed by atoms with Gasteiger partial charge in [-0.2, -0.15) is 0 Å². The molecule has 2 amide bonds. The van der Waals surface area contributed by atoms with E-state index in [1.165, 1.54) is 12.1 Å². The van der Waals surface area contributed by atoms with Gasteiger partial charge in [-0.1, -0.05) is 19.1 Å². The van der Waals surface area contributed by atoms with Crippen LogP contribution in [0.15, 0.2) is 65.4 Å². The number of hydrogen-bond donors (Lipinski definition) is 0. The second-order valence-corrected chi connectivity index (χ2v) is 8.02. The third-order valence-corrected chi connectivity index (χ3v) is 5.70. The molecule has 1 aromatic carbocycles. The highest BCUT2D eigenvalue weighted by atomic mass is 19.1. The number of rotatable bonds is 10. The van der Waals surface area contributed by atoms with Crippen molar-refractivity contribution in [3.05, 3.63) is 83.8 Å². The van der Waals surface area contributed by atoms with E-state index in [4.69, 9.17) is 4.42 Å². The highest BCUT2D eigenvalue weighted by Crippen LogP contribution is 2.15. The number of halogens is 1. The van der Waals surface area contributed by atoms with Crippen LogP contribution in [0.5, 0.6) is 0 Å². The first-order valence-corrected chi connectivity index (χ1v) is 10.8. The van der Waals surface area contributed by atoms with Crippen LogP contribution in [-0.4, -0.2) is 38.8 Å². The number of aryl methyl sites for hydroxylation is 1. The molecule has 0 saturated heterocycles. The molecule has 0 saturated carbocycles. The number of amides is 2. The fraction of sp³-hybridized carbons (Fsp3) is 0.360. The van der Waals surface area contributed by atoms with Crippen LogP contribution in [0, 0.1) is 5.82 Å². The minimum atomic E-state index is -0.343. The zero-order valence-electron chi connectivity index (χ0n) is 18.8. The Balaban J connectivity index is 1.76. The molecule has 0 bridgehead atoms. The molecule has 0 N–H and O–H groups in total. The Labute approximate surface area is 188 Å². The van der Waals surface area contributed by atoms with E-state index in [1.54, 1.807) is 34.3 Å². The second-order valence-electron chi connectivity index (χ2n) is 8.02. The summed E-state index contributed by atoms with van der Waals surface area (Å²) in [6, 6.07) is 13.3. The minimum Gasteiger partial charge on any atom is -0.467 e. The van der Waals surface area contributed by atoms with Gasteiger partial charge in [-0.3, -0.25) is 9.59 Å². The molecule has 2 aromatic heterocycles. The summed E-state index contributed by atoms with van der Waals surface area (Å²) in [5.74, 6) is 0.0242. The number of nitrogens with zero attached hydrogens (tertiary/aromatic N) is 3. The van der Waals surface area contributed by atoms with Crippen LogP contribution in [0.2, 0.25) is 0 Å². The van der Waals surface area contributed by atoms with Gasteiger partial charge in [0.1, 0.15) is 18.1 Å². The van der Waals surface area contributed by atoms with Gasteiger partial charge in [0.25, 0.3) is 0 Å². The Morgan fingerprint density at radius 2 is 1.81 bits per heavy atom. The molecular weight excluding hydrogens is 409 g/mol. The normalized spacial score (nSPS) is 11.9. The SMILES string of the molecule is CCC(C)N(CC(=O)N(Cc1ccco1)Cc1cccn1C)C(=O)Cc1ccc(F)cc1. The predicted octanol–water partition coefficient (Wildman–Crippen LogP) is 4.16. The van der Waals surface area contributed by atoms with E-state index < -0.39 is 0 Å². The van der Waals surface area contributed by atoms with Crippen LogP contribution in [0.3, 0.4) is 0 Å². The van der Waals surface area contributed by atoms with Crippen molar-refractivity contribution in [3.8, 4) is 0 Å². The molecule has 0 radical (unpaired) electrons. The summed E-state index contributed by atoms with van der Waals surface area (Å²) in [5.41, 5.74) is 1.70. The largest absolute Gasteiger partial charge is 0.467 e. The third kappa shape index (κ3) is 6.09. The summed E-state index contributed by atoms with van der Waals surface area (Å²) < 4.78 is 20.6. The molecule has 0 fully saturated rings. The molecule has 170 valence electrons. The maximum absolute atomic E-state index is 13.4. The monoisotopic (exact) mass is 439 g/mol. The highest BCUT2D eigenvalue weighted by molar-refractivity contribution is 5.86. The van der Waals surface area contributed by atoms with Gasteiger partial charge in [0.2, 0.25) is 11.8 Å². The first kappa shape index (κ1) is 23.3. The second kappa shape index (κ2) is 10.8. The van der Waals surface area contributed by atoms with Crippen LogP contribution in [0.1, 0.15) is 37.3 Å². The van der Waals surface area contributed by atoms with Gasteiger partial charge in [-0.05, 0) is 55.3 Å². The van der Waals surface area contributed by atoms with Crippen LogP contribution < -0.4 is 0 Å². The van der Waals surface area contributed by atoms with Crippen LogP contribution in [-0.2, 0) is 36.1 Å². The molecule has 0 spiro atoms. The number of hydrogen-bond acceptors (Lipinski definition) is 3. The van der Waals surface area contributed by atoms with Gasteiger partial charge in [0.15, 0.2) is 0 Å². The van der Waals surface area contributed by atoms with E-state index in [2.05, 4.69) is 0 Å². The number of carbonyl (C=O) groups excluding carboxylic acids is 2. The van der Waals surface area contributed by atoms with Crippen molar-refractivity contribution in [2.45, 2.75) is 45.8 Å². The highest BCUT2D eigenvalue weighted by Gasteiger charge is 2.26. The zero-order chi connectivity index (χ0) is 23.1. The first-order valence-electron chi connectivity index (χ1n) is 10.8. The van der Waals surface area contributed by atoms with Crippen molar-refractivity contribution in [2.24, 2.45) is 7.05 Å². The lowest BCUT2D eigenvalue weighted by molar-refractivity contribution is -0.142. The molecule has 0 aliphatic carbocycles. The van der Waals surface area contributed by atoms with Crippen molar-refractivity contribution in [1.29, 1.82) is 0 Å². The third-order valence-electron chi connectivity index (χ3n) is 5.70. The Kier molecular flexibility index (Phi) is 7.87. The average Bonchev–Trinajstić information content (AvgIpc) is 3.44. The van der Waals surface area contributed by atoms with Crippen LogP contribution in [0.25, 0.3) is 0 Å². The Hall–Kier alpha value is -3.35. The predicted molar refractivity (Wildman–Crippen MR) is 120 cm³/mol. The molecule has 6 nitrogen and oxygen atoms in total. The Bertz CT molecular complexity index is 1010. The fourth-order valence-corrected chi connectivity index (χ4v) is 3.51. The summed E-state index contributed by atoms with van der Waals surface area (Å²) in [4.78, 5) is 29.8. The summed E-state index contributed by atoms with van der Waals surface area (Å²) in [5, 5.41) is 0. The van der Waals surface area contributed by atoms with E-state index in [9.17, 15) is 14.0 Å². The maximum atomic E-state index is 13.4. The number of furan rings is 1. The molecular formula is C25H30FN3O3. The fourth-order valence-electron chi connectivity index (χ4n) is 3.51. The average molecular weight is 440 g/mol. The molecule has 1 unspecified atom stereocenters. The Morgan fingerprint density at radius 1 is 1.06 bits per heavy atom. The van der Waals surface area contributed by atoms with Gasteiger partial charge in [-0.15, -0.1) is 0 Å². The van der Waals surface area contributed by atoms with E-state index in [1.807, 2.05) is 49.9 Å². The summed E-state index contributed by atoms with van der Waals surface area (Å²) in [6.45, 7) is 4.61. The number of benzene rings is 1. The smallest absolute Gasteiger partial charge is 0.242 e.